The van der Waals surface area contributed by atoms with Crippen LogP contribution >= 0.6 is 0 Å². The van der Waals surface area contributed by atoms with Crippen molar-refractivity contribution in [1.29, 1.82) is 0 Å². The fourth-order valence-corrected chi connectivity index (χ4v) is 4.49. The number of likely N-dealkylation sites (N-methyl/N-ethyl adjacent to an activating group) is 1. The van der Waals surface area contributed by atoms with Crippen LogP contribution in [0, 0.1) is 0 Å². The SMILES string of the molecule is CN1CCc2cc3c(c4c2C1Cc1cc2c(cc1-4)OCO2)OCO3. The van der Waals surface area contributed by atoms with Crippen molar-refractivity contribution < 1.29 is 18.9 Å². The Morgan fingerprint density at radius 3 is 2.58 bits per heavy atom. The van der Waals surface area contributed by atoms with Gasteiger partial charge in [0.1, 0.15) is 0 Å². The Balaban J connectivity index is 1.69. The van der Waals surface area contributed by atoms with Gasteiger partial charge in [0.25, 0.3) is 0 Å². The van der Waals surface area contributed by atoms with E-state index in [1.165, 1.54) is 27.8 Å². The summed E-state index contributed by atoms with van der Waals surface area (Å²) in [6, 6.07) is 6.81. The Bertz CT molecular complexity index is 892. The first-order valence-electron chi connectivity index (χ1n) is 8.38. The van der Waals surface area contributed by atoms with E-state index in [0.29, 0.717) is 19.6 Å². The molecule has 3 heterocycles. The molecule has 2 aromatic rings. The summed E-state index contributed by atoms with van der Waals surface area (Å²) in [5.74, 6) is 3.42. The predicted molar refractivity (Wildman–Crippen MR) is 86.9 cm³/mol. The molecule has 2 aromatic carbocycles. The minimum absolute atomic E-state index is 0.297. The van der Waals surface area contributed by atoms with Crippen LogP contribution in [0.2, 0.25) is 0 Å². The van der Waals surface area contributed by atoms with Crippen LogP contribution in [0.1, 0.15) is 22.7 Å². The van der Waals surface area contributed by atoms with Gasteiger partial charge in [-0.1, -0.05) is 0 Å². The van der Waals surface area contributed by atoms with Gasteiger partial charge < -0.3 is 18.9 Å². The van der Waals surface area contributed by atoms with Crippen LogP contribution in [-0.2, 0) is 12.8 Å². The van der Waals surface area contributed by atoms with E-state index in [4.69, 9.17) is 18.9 Å². The lowest BCUT2D eigenvalue weighted by atomic mass is 9.76. The molecule has 122 valence electrons. The van der Waals surface area contributed by atoms with Gasteiger partial charge in [-0.3, -0.25) is 4.90 Å². The third-order valence-corrected chi connectivity index (χ3v) is 5.67. The quantitative estimate of drug-likeness (QED) is 0.745. The summed E-state index contributed by atoms with van der Waals surface area (Å²) in [5, 5.41) is 0. The van der Waals surface area contributed by atoms with Crippen LogP contribution in [0.15, 0.2) is 18.2 Å². The highest BCUT2D eigenvalue weighted by atomic mass is 16.7. The van der Waals surface area contributed by atoms with Crippen molar-refractivity contribution in [3.8, 4) is 34.1 Å². The Kier molecular flexibility index (Phi) is 2.35. The van der Waals surface area contributed by atoms with Crippen molar-refractivity contribution in [1.82, 2.24) is 4.90 Å². The van der Waals surface area contributed by atoms with Gasteiger partial charge in [0, 0.05) is 18.2 Å². The maximum absolute atomic E-state index is 5.87. The number of ether oxygens (including phenoxy) is 4. The van der Waals surface area contributed by atoms with Gasteiger partial charge >= 0.3 is 0 Å². The molecule has 1 unspecified atom stereocenters. The van der Waals surface area contributed by atoms with Crippen molar-refractivity contribution in [3.63, 3.8) is 0 Å². The molecule has 1 aliphatic carbocycles. The second kappa shape index (κ2) is 4.36. The first-order valence-corrected chi connectivity index (χ1v) is 8.38. The summed E-state index contributed by atoms with van der Waals surface area (Å²) in [6.45, 7) is 1.66. The van der Waals surface area contributed by atoms with Gasteiger partial charge in [-0.2, -0.15) is 0 Å². The first kappa shape index (κ1) is 13.0. The maximum Gasteiger partial charge on any atom is 0.231 e. The summed E-state index contributed by atoms with van der Waals surface area (Å²) >= 11 is 0. The molecule has 3 aliphatic heterocycles. The van der Waals surface area contributed by atoms with E-state index >= 15 is 0 Å². The number of fused-ring (bicyclic) bond motifs is 5. The molecule has 1 atom stereocenters. The summed E-state index contributed by atoms with van der Waals surface area (Å²) in [6.07, 6.45) is 2.04. The van der Waals surface area contributed by atoms with E-state index in [0.717, 1.165) is 42.4 Å². The normalized spacial score (nSPS) is 22.3. The molecule has 6 rings (SSSR count). The topological polar surface area (TPSA) is 40.2 Å². The summed E-state index contributed by atoms with van der Waals surface area (Å²) < 4.78 is 22.8. The fraction of sp³-hybridized carbons (Fsp3) is 0.368. The van der Waals surface area contributed by atoms with E-state index in [1.807, 2.05) is 0 Å². The highest BCUT2D eigenvalue weighted by Gasteiger charge is 2.38. The number of hydrogen-bond donors (Lipinski definition) is 0. The maximum atomic E-state index is 5.87. The minimum atomic E-state index is 0.297. The standard InChI is InChI=1S/C19H17NO4/c1-20-3-2-10-5-16-19(24-9-23-16)18-12-7-15-14(21-8-22-15)6-11(12)4-13(20)17(10)18/h5-7,13H,2-4,8-9H2,1H3. The highest BCUT2D eigenvalue weighted by Crippen LogP contribution is 2.55. The van der Waals surface area contributed by atoms with Gasteiger partial charge in [-0.15, -0.1) is 0 Å². The first-order chi connectivity index (χ1) is 11.8. The molecular weight excluding hydrogens is 306 g/mol. The van der Waals surface area contributed by atoms with Crippen LogP contribution in [-0.4, -0.2) is 32.1 Å². The van der Waals surface area contributed by atoms with Crippen molar-refractivity contribution in [2.45, 2.75) is 18.9 Å². The summed E-state index contributed by atoms with van der Waals surface area (Å²) in [7, 11) is 2.21. The predicted octanol–water partition coefficient (Wildman–Crippen LogP) is 2.90. The zero-order valence-electron chi connectivity index (χ0n) is 13.4. The van der Waals surface area contributed by atoms with Crippen LogP contribution in [0.25, 0.3) is 11.1 Å². The van der Waals surface area contributed by atoms with Crippen LogP contribution < -0.4 is 18.9 Å². The molecule has 0 bridgehead atoms. The Morgan fingerprint density at radius 1 is 0.917 bits per heavy atom. The zero-order chi connectivity index (χ0) is 15.8. The largest absolute Gasteiger partial charge is 0.454 e. The summed E-state index contributed by atoms with van der Waals surface area (Å²) in [4.78, 5) is 2.45. The van der Waals surface area contributed by atoms with Gasteiger partial charge in [-0.05, 0) is 60.3 Å². The molecule has 5 nitrogen and oxygen atoms in total. The lowest BCUT2D eigenvalue weighted by Crippen LogP contribution is -2.35. The second-order valence-corrected chi connectivity index (χ2v) is 6.87. The molecule has 4 aliphatic rings. The van der Waals surface area contributed by atoms with E-state index < -0.39 is 0 Å². The third-order valence-electron chi connectivity index (χ3n) is 5.67. The van der Waals surface area contributed by atoms with Crippen LogP contribution in [0.3, 0.4) is 0 Å². The molecule has 24 heavy (non-hydrogen) atoms. The van der Waals surface area contributed by atoms with Crippen molar-refractivity contribution in [3.05, 3.63) is 34.9 Å². The highest BCUT2D eigenvalue weighted by molar-refractivity contribution is 5.85. The second-order valence-electron chi connectivity index (χ2n) is 6.87. The molecule has 0 N–H and O–H groups in total. The number of hydrogen-bond acceptors (Lipinski definition) is 5. The number of rotatable bonds is 0. The Morgan fingerprint density at radius 2 is 1.67 bits per heavy atom. The molecule has 0 saturated carbocycles. The van der Waals surface area contributed by atoms with Crippen molar-refractivity contribution in [2.75, 3.05) is 27.2 Å². The molecule has 0 aromatic heterocycles. The zero-order valence-corrected chi connectivity index (χ0v) is 13.4. The van der Waals surface area contributed by atoms with E-state index in [9.17, 15) is 0 Å². The number of nitrogens with zero attached hydrogens (tertiary/aromatic N) is 1. The third kappa shape index (κ3) is 1.53. The molecule has 0 fully saturated rings. The monoisotopic (exact) mass is 323 g/mol. The van der Waals surface area contributed by atoms with Gasteiger partial charge in [0.2, 0.25) is 13.6 Å². The average Bonchev–Trinajstić information content (AvgIpc) is 3.23. The molecular formula is C19H17NO4. The minimum Gasteiger partial charge on any atom is -0.454 e. The van der Waals surface area contributed by atoms with Gasteiger partial charge in [0.15, 0.2) is 23.0 Å². The molecule has 5 heteroatoms. The lowest BCUT2D eigenvalue weighted by molar-refractivity contribution is 0.174. The van der Waals surface area contributed by atoms with E-state index in [-0.39, 0.29) is 0 Å². The Labute approximate surface area is 139 Å². The van der Waals surface area contributed by atoms with Crippen molar-refractivity contribution in [2.24, 2.45) is 0 Å². The van der Waals surface area contributed by atoms with Gasteiger partial charge in [-0.25, -0.2) is 0 Å². The van der Waals surface area contributed by atoms with E-state index in [2.05, 4.69) is 30.1 Å². The molecule has 0 spiro atoms. The number of benzene rings is 2. The molecule has 0 amide bonds. The van der Waals surface area contributed by atoms with Crippen LogP contribution in [0.5, 0.6) is 23.0 Å². The smallest absolute Gasteiger partial charge is 0.231 e. The molecule has 0 saturated heterocycles. The fourth-order valence-electron chi connectivity index (χ4n) is 4.49. The van der Waals surface area contributed by atoms with Crippen LogP contribution in [0.4, 0.5) is 0 Å². The van der Waals surface area contributed by atoms with E-state index in [1.54, 1.807) is 0 Å². The summed E-state index contributed by atoms with van der Waals surface area (Å²) in [5.41, 5.74) is 6.47. The molecule has 0 radical (unpaired) electrons. The Hall–Kier alpha value is -2.40. The van der Waals surface area contributed by atoms with Gasteiger partial charge in [0.05, 0.1) is 0 Å². The van der Waals surface area contributed by atoms with Crippen molar-refractivity contribution >= 4 is 0 Å². The lowest BCUT2D eigenvalue weighted by Gasteiger charge is -2.40. The average molecular weight is 323 g/mol.